The van der Waals surface area contributed by atoms with Crippen LogP contribution in [-0.4, -0.2) is 17.4 Å². The molecule has 2 aromatic carbocycles. The fourth-order valence-electron chi connectivity index (χ4n) is 2.32. The van der Waals surface area contributed by atoms with Gasteiger partial charge in [-0.15, -0.1) is 0 Å². The highest BCUT2D eigenvalue weighted by Gasteiger charge is 2.21. The van der Waals surface area contributed by atoms with Gasteiger partial charge in [0.2, 0.25) is 0 Å². The number of aliphatic hydroxyl groups is 1. The van der Waals surface area contributed by atoms with Crippen molar-refractivity contribution in [1.29, 1.82) is 0 Å². The van der Waals surface area contributed by atoms with Crippen molar-refractivity contribution in [3.8, 4) is 28.3 Å². The lowest BCUT2D eigenvalue weighted by molar-refractivity contribution is 0.281. The highest BCUT2D eigenvalue weighted by Crippen LogP contribution is 2.34. The molecule has 0 aliphatic carbocycles. The predicted molar refractivity (Wildman–Crippen MR) is 79.8 cm³/mol. The lowest BCUT2D eigenvalue weighted by atomic mass is 10.0. The van der Waals surface area contributed by atoms with Crippen molar-refractivity contribution < 1.29 is 23.1 Å². The number of hydrogen-bond acceptors (Lipinski definition) is 4. The number of aliphatic hydroxyl groups excluding tert-OH is 1. The molecule has 0 spiro atoms. The van der Waals surface area contributed by atoms with E-state index in [1.54, 1.807) is 31.4 Å². The second-order valence-electron chi connectivity index (χ2n) is 4.83. The molecule has 3 rings (SSSR count). The van der Waals surface area contributed by atoms with Crippen LogP contribution >= 0.6 is 0 Å². The molecule has 0 atom stereocenters. The van der Waals surface area contributed by atoms with Crippen molar-refractivity contribution in [3.05, 3.63) is 59.7 Å². The van der Waals surface area contributed by atoms with Gasteiger partial charge >= 0.3 is 0 Å². The summed E-state index contributed by atoms with van der Waals surface area (Å²) in [5.41, 5.74) is 0.956. The minimum absolute atomic E-state index is 0.0578. The van der Waals surface area contributed by atoms with Crippen molar-refractivity contribution in [3.63, 3.8) is 0 Å². The van der Waals surface area contributed by atoms with Gasteiger partial charge in [-0.3, -0.25) is 0 Å². The Bertz CT molecular complexity index is 828. The zero-order valence-corrected chi connectivity index (χ0v) is 12.2. The Kier molecular flexibility index (Phi) is 4.08. The van der Waals surface area contributed by atoms with Crippen molar-refractivity contribution >= 4 is 0 Å². The molecule has 0 saturated heterocycles. The van der Waals surface area contributed by atoms with Gasteiger partial charge in [0.1, 0.15) is 11.4 Å². The summed E-state index contributed by atoms with van der Waals surface area (Å²) in [6, 6.07) is 10.7. The van der Waals surface area contributed by atoms with Gasteiger partial charge in [0.25, 0.3) is 0 Å². The number of rotatable bonds is 4. The Morgan fingerprint density at radius 2 is 1.87 bits per heavy atom. The third-order valence-corrected chi connectivity index (χ3v) is 3.51. The molecule has 4 nitrogen and oxygen atoms in total. The van der Waals surface area contributed by atoms with Gasteiger partial charge in [0, 0.05) is 11.1 Å². The van der Waals surface area contributed by atoms with E-state index < -0.39 is 18.2 Å². The Morgan fingerprint density at radius 1 is 1.13 bits per heavy atom. The van der Waals surface area contributed by atoms with Gasteiger partial charge in [-0.25, -0.2) is 8.78 Å². The summed E-state index contributed by atoms with van der Waals surface area (Å²) in [5, 5.41) is 13.4. The molecule has 0 radical (unpaired) electrons. The first-order valence-electron chi connectivity index (χ1n) is 6.84. The summed E-state index contributed by atoms with van der Waals surface area (Å²) in [6.45, 7) is -0.420. The number of halogens is 2. The van der Waals surface area contributed by atoms with Gasteiger partial charge in [-0.1, -0.05) is 11.2 Å². The fraction of sp³-hybridized carbons (Fsp3) is 0.118. The third kappa shape index (κ3) is 2.68. The Labute approximate surface area is 130 Å². The van der Waals surface area contributed by atoms with Crippen molar-refractivity contribution in [2.24, 2.45) is 0 Å². The van der Waals surface area contributed by atoms with Crippen LogP contribution in [0.5, 0.6) is 5.75 Å². The van der Waals surface area contributed by atoms with Crippen LogP contribution in [0.3, 0.4) is 0 Å². The quantitative estimate of drug-likeness (QED) is 0.795. The molecule has 6 heteroatoms. The normalized spacial score (nSPS) is 10.8. The maximum absolute atomic E-state index is 14.0. The number of nitrogens with zero attached hydrogens (tertiary/aromatic N) is 1. The molecule has 0 aliphatic heterocycles. The van der Waals surface area contributed by atoms with E-state index in [1.165, 1.54) is 12.1 Å². The van der Waals surface area contributed by atoms with E-state index in [1.807, 2.05) is 0 Å². The van der Waals surface area contributed by atoms with Gasteiger partial charge in [-0.2, -0.15) is 0 Å². The summed E-state index contributed by atoms with van der Waals surface area (Å²) in [5.74, 6) is -1.05. The summed E-state index contributed by atoms with van der Waals surface area (Å²) < 4.78 is 37.7. The molecule has 1 aromatic heterocycles. The lowest BCUT2D eigenvalue weighted by Crippen LogP contribution is -1.94. The van der Waals surface area contributed by atoms with Crippen LogP contribution in [0, 0.1) is 11.6 Å². The average molecular weight is 317 g/mol. The molecular weight excluding hydrogens is 304 g/mol. The predicted octanol–water partition coefficient (Wildman–Crippen LogP) is 3.79. The molecule has 23 heavy (non-hydrogen) atoms. The van der Waals surface area contributed by atoms with E-state index >= 15 is 0 Å². The summed E-state index contributed by atoms with van der Waals surface area (Å²) in [6.07, 6.45) is 0. The number of methoxy groups -OCH3 is 1. The van der Waals surface area contributed by atoms with E-state index in [9.17, 15) is 13.9 Å². The van der Waals surface area contributed by atoms with Crippen LogP contribution in [0.4, 0.5) is 8.78 Å². The smallest absolute Gasteiger partial charge is 0.173 e. The molecule has 1 heterocycles. The largest absolute Gasteiger partial charge is 0.497 e. The molecule has 0 unspecified atom stereocenters. The third-order valence-electron chi connectivity index (χ3n) is 3.51. The summed E-state index contributed by atoms with van der Waals surface area (Å²) in [4.78, 5) is 0. The first kappa shape index (κ1) is 15.2. The second kappa shape index (κ2) is 6.18. The van der Waals surface area contributed by atoms with Crippen molar-refractivity contribution in [1.82, 2.24) is 5.16 Å². The van der Waals surface area contributed by atoms with Gasteiger partial charge in [0.15, 0.2) is 17.4 Å². The van der Waals surface area contributed by atoms with Crippen LogP contribution < -0.4 is 4.74 Å². The molecule has 3 aromatic rings. The van der Waals surface area contributed by atoms with E-state index in [-0.39, 0.29) is 11.3 Å². The standard InChI is InChI=1S/C17H13F2NO3/c1-22-11-7-5-10(6-8-11)17-13(9-21)16(20-23-17)12-3-2-4-14(18)15(12)19/h2-8,21H,9H2,1H3. The topological polar surface area (TPSA) is 55.5 Å². The highest BCUT2D eigenvalue weighted by molar-refractivity contribution is 5.73. The lowest BCUT2D eigenvalue weighted by Gasteiger charge is -2.04. The molecule has 0 saturated carbocycles. The van der Waals surface area contributed by atoms with E-state index in [4.69, 9.17) is 9.26 Å². The zero-order chi connectivity index (χ0) is 16.4. The highest BCUT2D eigenvalue weighted by atomic mass is 19.2. The molecular formula is C17H13F2NO3. The maximum Gasteiger partial charge on any atom is 0.173 e. The number of ether oxygens (including phenoxy) is 1. The fourth-order valence-corrected chi connectivity index (χ4v) is 2.32. The van der Waals surface area contributed by atoms with Crippen LogP contribution in [-0.2, 0) is 6.61 Å². The average Bonchev–Trinajstić information content (AvgIpc) is 3.01. The second-order valence-corrected chi connectivity index (χ2v) is 4.83. The van der Waals surface area contributed by atoms with Crippen LogP contribution in [0.1, 0.15) is 5.56 Å². The molecule has 0 amide bonds. The molecule has 0 aliphatic rings. The SMILES string of the molecule is COc1ccc(-c2onc(-c3cccc(F)c3F)c2CO)cc1. The zero-order valence-electron chi connectivity index (χ0n) is 12.2. The van der Waals surface area contributed by atoms with E-state index in [0.717, 1.165) is 6.07 Å². The summed E-state index contributed by atoms with van der Waals surface area (Å²) >= 11 is 0. The molecule has 118 valence electrons. The Morgan fingerprint density at radius 3 is 2.52 bits per heavy atom. The van der Waals surface area contributed by atoms with Gasteiger partial charge in [0.05, 0.1) is 19.3 Å². The van der Waals surface area contributed by atoms with Gasteiger partial charge < -0.3 is 14.4 Å². The first-order valence-corrected chi connectivity index (χ1v) is 6.84. The van der Waals surface area contributed by atoms with Crippen LogP contribution in [0.15, 0.2) is 47.0 Å². The minimum Gasteiger partial charge on any atom is -0.497 e. The van der Waals surface area contributed by atoms with Gasteiger partial charge in [-0.05, 0) is 36.4 Å². The number of aromatic nitrogens is 1. The molecule has 1 N–H and O–H groups in total. The molecule has 0 fully saturated rings. The van der Waals surface area contributed by atoms with E-state index in [2.05, 4.69) is 5.16 Å². The number of hydrogen-bond donors (Lipinski definition) is 1. The Balaban J connectivity index is 2.11. The minimum atomic E-state index is -1.03. The number of benzene rings is 2. The summed E-state index contributed by atoms with van der Waals surface area (Å²) in [7, 11) is 1.55. The Hall–Kier alpha value is -2.73. The molecule has 0 bridgehead atoms. The van der Waals surface area contributed by atoms with Crippen molar-refractivity contribution in [2.75, 3.05) is 7.11 Å². The van der Waals surface area contributed by atoms with E-state index in [0.29, 0.717) is 22.6 Å². The van der Waals surface area contributed by atoms with Crippen molar-refractivity contribution in [2.45, 2.75) is 6.61 Å². The monoisotopic (exact) mass is 317 g/mol. The van der Waals surface area contributed by atoms with Crippen LogP contribution in [0.25, 0.3) is 22.6 Å². The maximum atomic E-state index is 14.0. The van der Waals surface area contributed by atoms with Crippen LogP contribution in [0.2, 0.25) is 0 Å². The first-order chi connectivity index (χ1) is 11.2.